The smallest absolute Gasteiger partial charge is 0.141 e. The Balaban J connectivity index is 2.25. The summed E-state index contributed by atoms with van der Waals surface area (Å²) in [6.07, 6.45) is 1.13. The molecule has 0 bridgehead atoms. The Bertz CT molecular complexity index is 575. The van der Waals surface area contributed by atoms with Gasteiger partial charge in [0.1, 0.15) is 17.5 Å². The van der Waals surface area contributed by atoms with Crippen molar-refractivity contribution >= 4 is 17.4 Å². The van der Waals surface area contributed by atoms with E-state index < -0.39 is 5.82 Å². The van der Waals surface area contributed by atoms with E-state index >= 15 is 0 Å². The quantitative estimate of drug-likeness (QED) is 0.794. The zero-order valence-electron chi connectivity index (χ0n) is 10.4. The Kier molecular flexibility index (Phi) is 4.32. The maximum absolute atomic E-state index is 13.6. The van der Waals surface area contributed by atoms with Crippen molar-refractivity contribution in [1.29, 1.82) is 0 Å². The number of aromatic nitrogens is 1. The van der Waals surface area contributed by atoms with Gasteiger partial charge in [-0.25, -0.2) is 13.8 Å². The number of halogens is 3. The van der Waals surface area contributed by atoms with Crippen LogP contribution in [0.4, 0.5) is 14.6 Å². The van der Waals surface area contributed by atoms with E-state index in [1.165, 1.54) is 12.1 Å². The first kappa shape index (κ1) is 13.7. The molecule has 1 aromatic carbocycles. The van der Waals surface area contributed by atoms with Gasteiger partial charge in [0.2, 0.25) is 0 Å². The number of hydrogen-bond donors (Lipinski definition) is 0. The summed E-state index contributed by atoms with van der Waals surface area (Å²) in [6.45, 7) is 0.342. The summed E-state index contributed by atoms with van der Waals surface area (Å²) in [5.74, 6) is 0.00376. The van der Waals surface area contributed by atoms with Crippen molar-refractivity contribution in [2.24, 2.45) is 0 Å². The average molecular weight is 283 g/mol. The summed E-state index contributed by atoms with van der Waals surface area (Å²) >= 11 is 5.77. The van der Waals surface area contributed by atoms with Crippen LogP contribution in [0.1, 0.15) is 11.1 Å². The van der Waals surface area contributed by atoms with E-state index in [0.717, 1.165) is 6.20 Å². The number of hydrogen-bond acceptors (Lipinski definition) is 2. The van der Waals surface area contributed by atoms with Crippen LogP contribution >= 0.6 is 11.6 Å². The molecule has 0 unspecified atom stereocenters. The highest BCUT2D eigenvalue weighted by molar-refractivity contribution is 6.17. The molecule has 2 nitrogen and oxygen atoms in total. The van der Waals surface area contributed by atoms with Crippen LogP contribution in [0.15, 0.2) is 36.5 Å². The Morgan fingerprint density at radius 1 is 1.21 bits per heavy atom. The Hall–Kier alpha value is -1.68. The molecule has 1 heterocycles. The number of nitrogens with zero attached hydrogens (tertiary/aromatic N) is 2. The van der Waals surface area contributed by atoms with E-state index in [9.17, 15) is 8.78 Å². The summed E-state index contributed by atoms with van der Waals surface area (Å²) < 4.78 is 26.7. The third-order valence-corrected chi connectivity index (χ3v) is 3.07. The third-order valence-electron chi connectivity index (χ3n) is 2.78. The second kappa shape index (κ2) is 5.97. The van der Waals surface area contributed by atoms with Crippen molar-refractivity contribution in [1.82, 2.24) is 4.98 Å². The zero-order valence-corrected chi connectivity index (χ0v) is 11.2. The summed E-state index contributed by atoms with van der Waals surface area (Å²) in [5, 5.41) is 0. The van der Waals surface area contributed by atoms with Crippen LogP contribution in [-0.4, -0.2) is 12.0 Å². The molecule has 0 fully saturated rings. The first-order valence-corrected chi connectivity index (χ1v) is 6.30. The maximum atomic E-state index is 13.6. The lowest BCUT2D eigenvalue weighted by Crippen LogP contribution is -2.20. The number of anilines is 1. The number of benzene rings is 1. The van der Waals surface area contributed by atoms with Crippen LogP contribution in [0, 0.1) is 11.6 Å². The molecule has 0 radical (unpaired) electrons. The molecule has 0 N–H and O–H groups in total. The lowest BCUT2D eigenvalue weighted by Gasteiger charge is -2.20. The van der Waals surface area contributed by atoms with Gasteiger partial charge in [0.05, 0.1) is 12.1 Å². The fourth-order valence-electron chi connectivity index (χ4n) is 1.87. The molecule has 5 heteroatoms. The van der Waals surface area contributed by atoms with Crippen LogP contribution in [0.2, 0.25) is 0 Å². The van der Waals surface area contributed by atoms with E-state index in [4.69, 9.17) is 11.6 Å². The van der Waals surface area contributed by atoms with Gasteiger partial charge in [-0.2, -0.15) is 0 Å². The largest absolute Gasteiger partial charge is 0.355 e. The normalized spacial score (nSPS) is 10.5. The summed E-state index contributed by atoms with van der Waals surface area (Å²) in [6, 6.07) is 7.86. The predicted octanol–water partition coefficient (Wildman–Crippen LogP) is 3.74. The number of alkyl halides is 1. The molecule has 0 aliphatic rings. The molecule has 0 spiro atoms. The predicted molar refractivity (Wildman–Crippen MR) is 72.3 cm³/mol. The van der Waals surface area contributed by atoms with Gasteiger partial charge in [0.15, 0.2) is 0 Å². The van der Waals surface area contributed by atoms with Gasteiger partial charge in [0.25, 0.3) is 0 Å². The van der Waals surface area contributed by atoms with Crippen molar-refractivity contribution in [2.75, 3.05) is 11.9 Å². The molecule has 0 aliphatic carbocycles. The molecule has 100 valence electrons. The van der Waals surface area contributed by atoms with Crippen molar-refractivity contribution in [3.8, 4) is 0 Å². The van der Waals surface area contributed by atoms with E-state index in [1.807, 2.05) is 0 Å². The summed E-state index contributed by atoms with van der Waals surface area (Å²) in [7, 11) is 1.77. The highest BCUT2D eigenvalue weighted by Crippen LogP contribution is 2.21. The van der Waals surface area contributed by atoms with Crippen LogP contribution in [0.5, 0.6) is 0 Å². The van der Waals surface area contributed by atoms with Crippen molar-refractivity contribution in [2.45, 2.75) is 12.4 Å². The second-order valence-electron chi connectivity index (χ2n) is 4.22. The minimum atomic E-state index is -0.432. The van der Waals surface area contributed by atoms with Crippen molar-refractivity contribution in [3.05, 3.63) is 59.3 Å². The molecule has 0 saturated carbocycles. The van der Waals surface area contributed by atoms with Crippen LogP contribution in [0.25, 0.3) is 0 Å². The summed E-state index contributed by atoms with van der Waals surface area (Å²) in [4.78, 5) is 5.76. The van der Waals surface area contributed by atoms with Gasteiger partial charge in [-0.3, -0.25) is 0 Å². The number of pyridine rings is 1. The molecule has 1 aromatic heterocycles. The first-order valence-electron chi connectivity index (χ1n) is 5.76. The molecule has 0 saturated heterocycles. The standard InChI is InChI=1S/C14H13ClF2N2/c1-19(9-10-4-2-3-5-13(10)17)14-11(7-15)6-12(16)8-18-14/h2-6,8H,7,9H2,1H3. The van der Waals surface area contributed by atoms with Gasteiger partial charge in [-0.05, 0) is 12.1 Å². The molecule has 0 atom stereocenters. The van der Waals surface area contributed by atoms with E-state index in [-0.39, 0.29) is 11.7 Å². The average Bonchev–Trinajstić information content (AvgIpc) is 2.41. The fraction of sp³-hybridized carbons (Fsp3) is 0.214. The fourth-order valence-corrected chi connectivity index (χ4v) is 2.07. The van der Waals surface area contributed by atoms with E-state index in [2.05, 4.69) is 4.98 Å². The van der Waals surface area contributed by atoms with Crippen molar-refractivity contribution < 1.29 is 8.78 Å². The lowest BCUT2D eigenvalue weighted by molar-refractivity contribution is 0.605. The van der Waals surface area contributed by atoms with Gasteiger partial charge in [-0.1, -0.05) is 18.2 Å². The van der Waals surface area contributed by atoms with Gasteiger partial charge in [0, 0.05) is 24.7 Å². The highest BCUT2D eigenvalue weighted by Gasteiger charge is 2.12. The third kappa shape index (κ3) is 3.20. The summed E-state index contributed by atoms with van der Waals surface area (Å²) in [5.41, 5.74) is 1.14. The van der Waals surface area contributed by atoms with Crippen LogP contribution in [0.3, 0.4) is 0 Å². The molecule has 0 aliphatic heterocycles. The molecule has 2 rings (SSSR count). The molecule has 19 heavy (non-hydrogen) atoms. The minimum Gasteiger partial charge on any atom is -0.355 e. The maximum Gasteiger partial charge on any atom is 0.141 e. The first-order chi connectivity index (χ1) is 9.11. The Morgan fingerprint density at radius 3 is 2.63 bits per heavy atom. The monoisotopic (exact) mass is 282 g/mol. The van der Waals surface area contributed by atoms with Gasteiger partial charge >= 0.3 is 0 Å². The van der Waals surface area contributed by atoms with E-state index in [0.29, 0.717) is 23.5 Å². The molecular weight excluding hydrogens is 270 g/mol. The van der Waals surface area contributed by atoms with Crippen LogP contribution < -0.4 is 4.90 Å². The Morgan fingerprint density at radius 2 is 1.95 bits per heavy atom. The minimum absolute atomic E-state index is 0.154. The van der Waals surface area contributed by atoms with Crippen LogP contribution in [-0.2, 0) is 12.4 Å². The van der Waals surface area contributed by atoms with Gasteiger partial charge in [-0.15, -0.1) is 11.6 Å². The van der Waals surface area contributed by atoms with Crippen molar-refractivity contribution in [3.63, 3.8) is 0 Å². The lowest BCUT2D eigenvalue weighted by atomic mass is 10.2. The SMILES string of the molecule is CN(Cc1ccccc1F)c1ncc(F)cc1CCl. The Labute approximate surface area is 115 Å². The molecule has 0 amide bonds. The zero-order chi connectivity index (χ0) is 13.8. The van der Waals surface area contributed by atoms with E-state index in [1.54, 1.807) is 30.1 Å². The number of rotatable bonds is 4. The second-order valence-corrected chi connectivity index (χ2v) is 4.48. The molecular formula is C14H13ClF2N2. The highest BCUT2D eigenvalue weighted by atomic mass is 35.5. The van der Waals surface area contributed by atoms with Gasteiger partial charge < -0.3 is 4.90 Å². The molecule has 2 aromatic rings. The topological polar surface area (TPSA) is 16.1 Å².